The van der Waals surface area contributed by atoms with E-state index in [4.69, 9.17) is 28.1 Å². The van der Waals surface area contributed by atoms with Crippen LogP contribution in [0.1, 0.15) is 60.4 Å². The lowest BCUT2D eigenvalue weighted by Crippen LogP contribution is -2.66. The lowest BCUT2D eigenvalue weighted by molar-refractivity contribution is -0.270. The van der Waals surface area contributed by atoms with Crippen LogP contribution < -0.4 is 10.4 Å². The Morgan fingerprint density at radius 3 is 1.77 bits per heavy atom. The lowest BCUT2D eigenvalue weighted by Gasteiger charge is -2.44. The number of aromatic nitrogens is 3. The second-order valence-corrected chi connectivity index (χ2v) is 16.5. The third kappa shape index (κ3) is 8.31. The Kier molecular flexibility index (Phi) is 11.3. The van der Waals surface area contributed by atoms with Crippen LogP contribution in [0.2, 0.25) is 5.04 Å². The van der Waals surface area contributed by atoms with Crippen molar-refractivity contribution in [1.82, 2.24) is 15.0 Å². The quantitative estimate of drug-likeness (QED) is 0.168. The van der Waals surface area contributed by atoms with Gasteiger partial charge in [0.2, 0.25) is 0 Å². The van der Waals surface area contributed by atoms with Crippen LogP contribution in [0.4, 0.5) is 0 Å². The predicted molar refractivity (Wildman–Crippen MR) is 170 cm³/mol. The first kappa shape index (κ1) is 35.5. The molecule has 1 fully saturated rings. The second kappa shape index (κ2) is 15.0. The number of nitrogens with zero attached hydrogens (tertiary/aromatic N) is 3. The first-order valence-electron chi connectivity index (χ1n) is 15.2. The van der Waals surface area contributed by atoms with Gasteiger partial charge in [0, 0.05) is 27.7 Å². The molecule has 0 N–H and O–H groups in total. The van der Waals surface area contributed by atoms with E-state index in [2.05, 4.69) is 55.3 Å². The van der Waals surface area contributed by atoms with Crippen LogP contribution in [0.3, 0.4) is 0 Å². The highest BCUT2D eigenvalue weighted by atomic mass is 28.4. The van der Waals surface area contributed by atoms with E-state index < -0.39 is 62.8 Å². The number of carbonyl (C=O) groups is 4. The standard InChI is InChI=1S/C33H41N3O10Si/c1-21(37)41-20-28-29(43-22(2)38)30(44-23(3)39)31(45-24(4)40)32(46-28)36-18-25(34-35-36)19-42-47(33(5,6)7,26-14-10-8-11-15-26)27-16-12-9-13-17-27/h8-18,28-32H,19-20H2,1-7H3/t28-,29-,30+,31+,32+/m1/s1. The molecule has 252 valence electrons. The highest BCUT2D eigenvalue weighted by Gasteiger charge is 2.54. The molecule has 3 aromatic rings. The molecule has 5 atom stereocenters. The molecular formula is C33H41N3O10Si. The molecule has 0 saturated carbocycles. The summed E-state index contributed by atoms with van der Waals surface area (Å²) in [5.41, 5.74) is 0.450. The summed E-state index contributed by atoms with van der Waals surface area (Å²) in [5, 5.41) is 10.5. The van der Waals surface area contributed by atoms with Crippen LogP contribution in [0.5, 0.6) is 0 Å². The highest BCUT2D eigenvalue weighted by molar-refractivity contribution is 6.99. The molecule has 1 aliphatic heterocycles. The van der Waals surface area contributed by atoms with Gasteiger partial charge in [-0.2, -0.15) is 0 Å². The molecular weight excluding hydrogens is 626 g/mol. The van der Waals surface area contributed by atoms with Gasteiger partial charge in [-0.3, -0.25) is 19.2 Å². The van der Waals surface area contributed by atoms with Crippen LogP contribution in [0, 0.1) is 0 Å². The summed E-state index contributed by atoms with van der Waals surface area (Å²) >= 11 is 0. The van der Waals surface area contributed by atoms with Gasteiger partial charge in [-0.1, -0.05) is 86.6 Å². The van der Waals surface area contributed by atoms with Crippen molar-refractivity contribution in [3.63, 3.8) is 0 Å². The maximum atomic E-state index is 12.3. The Morgan fingerprint density at radius 2 is 1.28 bits per heavy atom. The van der Waals surface area contributed by atoms with E-state index in [0.29, 0.717) is 5.69 Å². The number of hydrogen-bond donors (Lipinski definition) is 0. The molecule has 2 heterocycles. The van der Waals surface area contributed by atoms with Gasteiger partial charge in [0.25, 0.3) is 8.32 Å². The zero-order valence-corrected chi connectivity index (χ0v) is 28.6. The number of carbonyl (C=O) groups excluding carboxylic acids is 4. The SMILES string of the molecule is CC(=O)OC[C@H]1O[C@H](n2cc(CO[Si](c3ccccc3)(c3ccccc3)C(C)(C)C)nn2)[C@@H](OC(C)=O)[C@@H](OC(C)=O)[C@@H]1OC(C)=O. The number of rotatable bonds is 11. The van der Waals surface area contributed by atoms with Crippen molar-refractivity contribution in [2.75, 3.05) is 6.61 Å². The van der Waals surface area contributed by atoms with Gasteiger partial charge in [-0.05, 0) is 15.4 Å². The third-order valence-electron chi connectivity index (χ3n) is 7.64. The fraction of sp³-hybridized carbons (Fsp3) is 0.455. The van der Waals surface area contributed by atoms with Gasteiger partial charge < -0.3 is 28.1 Å². The van der Waals surface area contributed by atoms with Gasteiger partial charge in [0.1, 0.15) is 18.4 Å². The summed E-state index contributed by atoms with van der Waals surface area (Å²) < 4.78 is 36.3. The molecule has 47 heavy (non-hydrogen) atoms. The monoisotopic (exact) mass is 667 g/mol. The molecule has 1 saturated heterocycles. The largest absolute Gasteiger partial charge is 0.463 e. The van der Waals surface area contributed by atoms with Gasteiger partial charge in [0.15, 0.2) is 24.5 Å². The molecule has 0 aliphatic carbocycles. The molecule has 14 heteroatoms. The highest BCUT2D eigenvalue weighted by Crippen LogP contribution is 2.38. The Hall–Kier alpha value is -4.40. The molecule has 0 radical (unpaired) electrons. The fourth-order valence-corrected chi connectivity index (χ4v) is 10.4. The van der Waals surface area contributed by atoms with Gasteiger partial charge >= 0.3 is 23.9 Å². The molecule has 0 spiro atoms. The zero-order chi connectivity index (χ0) is 34.4. The molecule has 2 aromatic carbocycles. The van der Waals surface area contributed by atoms with Crippen molar-refractivity contribution in [1.29, 1.82) is 0 Å². The topological polar surface area (TPSA) is 154 Å². The first-order valence-corrected chi connectivity index (χ1v) is 17.1. The molecule has 4 rings (SSSR count). The van der Waals surface area contributed by atoms with Gasteiger partial charge in [0.05, 0.1) is 12.8 Å². The average Bonchev–Trinajstić information content (AvgIpc) is 3.47. The van der Waals surface area contributed by atoms with Crippen LogP contribution >= 0.6 is 0 Å². The molecule has 13 nitrogen and oxygen atoms in total. The van der Waals surface area contributed by atoms with Crippen molar-refractivity contribution >= 4 is 42.6 Å². The van der Waals surface area contributed by atoms with E-state index in [1.54, 1.807) is 6.20 Å². The van der Waals surface area contributed by atoms with E-state index in [1.165, 1.54) is 18.5 Å². The molecule has 1 aliphatic rings. The Balaban J connectivity index is 1.72. The summed E-state index contributed by atoms with van der Waals surface area (Å²) in [6.45, 7) is 10.9. The summed E-state index contributed by atoms with van der Waals surface area (Å²) in [7, 11) is -2.92. The lowest BCUT2D eigenvalue weighted by atomic mass is 9.97. The molecule has 0 amide bonds. The Morgan fingerprint density at radius 1 is 0.766 bits per heavy atom. The number of hydrogen-bond acceptors (Lipinski definition) is 12. The van der Waals surface area contributed by atoms with E-state index >= 15 is 0 Å². The van der Waals surface area contributed by atoms with Crippen LogP contribution in [-0.4, -0.2) is 78.2 Å². The van der Waals surface area contributed by atoms with Gasteiger partial charge in [-0.15, -0.1) is 5.10 Å². The van der Waals surface area contributed by atoms with Crippen molar-refractivity contribution in [2.24, 2.45) is 0 Å². The molecule has 0 unspecified atom stereocenters. The molecule has 0 bridgehead atoms. The summed E-state index contributed by atoms with van der Waals surface area (Å²) in [6, 6.07) is 20.2. The maximum Gasteiger partial charge on any atom is 0.303 e. The Labute approximate surface area is 274 Å². The minimum atomic E-state index is -2.92. The smallest absolute Gasteiger partial charge is 0.303 e. The Bertz CT molecular complexity index is 1500. The second-order valence-electron chi connectivity index (χ2n) is 12.2. The van der Waals surface area contributed by atoms with E-state index in [9.17, 15) is 19.2 Å². The summed E-state index contributed by atoms with van der Waals surface area (Å²) in [5.74, 6) is -2.76. The van der Waals surface area contributed by atoms with Crippen LogP contribution in [-0.2, 0) is 53.9 Å². The van der Waals surface area contributed by atoms with Crippen molar-refractivity contribution in [2.45, 2.75) is 90.8 Å². The van der Waals surface area contributed by atoms with Crippen LogP contribution in [0.15, 0.2) is 66.9 Å². The number of ether oxygens (including phenoxy) is 5. The normalized spacial score (nSPS) is 21.4. The predicted octanol–water partition coefficient (Wildman–Crippen LogP) is 2.61. The van der Waals surface area contributed by atoms with Crippen molar-refractivity contribution < 1.29 is 47.3 Å². The minimum Gasteiger partial charge on any atom is -0.463 e. The summed E-state index contributed by atoms with van der Waals surface area (Å²) in [6.07, 6.45) is -4.69. The third-order valence-corrected chi connectivity index (χ3v) is 12.6. The van der Waals surface area contributed by atoms with E-state index in [-0.39, 0.29) is 18.3 Å². The van der Waals surface area contributed by atoms with Crippen molar-refractivity contribution in [3.05, 3.63) is 72.6 Å². The number of esters is 4. The van der Waals surface area contributed by atoms with E-state index in [0.717, 1.165) is 24.2 Å². The molecule has 1 aromatic heterocycles. The minimum absolute atomic E-state index is 0.0819. The zero-order valence-electron chi connectivity index (χ0n) is 27.6. The van der Waals surface area contributed by atoms with Crippen molar-refractivity contribution in [3.8, 4) is 0 Å². The average molecular weight is 668 g/mol. The van der Waals surface area contributed by atoms with E-state index in [1.807, 2.05) is 36.4 Å². The van der Waals surface area contributed by atoms with Gasteiger partial charge in [-0.25, -0.2) is 4.68 Å². The fourth-order valence-electron chi connectivity index (χ4n) is 5.87. The summed E-state index contributed by atoms with van der Waals surface area (Å²) in [4.78, 5) is 48.2. The van der Waals surface area contributed by atoms with Crippen LogP contribution in [0.25, 0.3) is 0 Å². The number of benzene rings is 2. The maximum absolute atomic E-state index is 12.3. The first-order chi connectivity index (χ1) is 22.2.